The molecular formula is C12H14N4O2. The molecule has 0 aliphatic heterocycles. The molecule has 0 aliphatic carbocycles. The van der Waals surface area contributed by atoms with Crippen LogP contribution in [0.3, 0.4) is 0 Å². The molecule has 1 unspecified atom stereocenters. The largest absolute Gasteiger partial charge is 0.392 e. The highest BCUT2D eigenvalue weighted by Crippen LogP contribution is 2.16. The number of anilines is 1. The Kier molecular flexibility index (Phi) is 3.69. The van der Waals surface area contributed by atoms with E-state index in [1.54, 1.807) is 25.1 Å². The van der Waals surface area contributed by atoms with Crippen molar-refractivity contribution in [3.63, 3.8) is 0 Å². The van der Waals surface area contributed by atoms with Crippen LogP contribution in [-0.2, 0) is 11.4 Å². The van der Waals surface area contributed by atoms with E-state index in [1.807, 2.05) is 6.07 Å². The van der Waals surface area contributed by atoms with Gasteiger partial charge in [-0.25, -0.2) is 9.67 Å². The molecule has 0 aliphatic rings. The summed E-state index contributed by atoms with van der Waals surface area (Å²) in [5.41, 5.74) is 1.29. The number of nitrogens with one attached hydrogen (secondary N) is 1. The smallest absolute Gasteiger partial charge is 0.249 e. The Balaban J connectivity index is 2.12. The molecule has 2 N–H and O–H groups in total. The third kappa shape index (κ3) is 2.54. The molecule has 0 bridgehead atoms. The average Bonchev–Trinajstić information content (AvgIpc) is 2.92. The summed E-state index contributed by atoms with van der Waals surface area (Å²) in [4.78, 5) is 15.8. The van der Waals surface area contributed by atoms with Crippen molar-refractivity contribution in [2.75, 3.05) is 5.32 Å². The van der Waals surface area contributed by atoms with Gasteiger partial charge < -0.3 is 10.4 Å². The molecular weight excluding hydrogens is 232 g/mol. The molecule has 1 aromatic heterocycles. The minimum Gasteiger partial charge on any atom is -0.392 e. The summed E-state index contributed by atoms with van der Waals surface area (Å²) in [6, 6.07) is 6.66. The Hall–Kier alpha value is -2.21. The zero-order valence-electron chi connectivity index (χ0n) is 9.95. The van der Waals surface area contributed by atoms with Crippen molar-refractivity contribution in [2.24, 2.45) is 0 Å². The molecule has 1 heterocycles. The summed E-state index contributed by atoms with van der Waals surface area (Å²) in [5, 5.41) is 15.9. The Morgan fingerprint density at radius 3 is 2.94 bits per heavy atom. The van der Waals surface area contributed by atoms with E-state index < -0.39 is 6.04 Å². The Labute approximate surface area is 104 Å². The minimum atomic E-state index is -0.459. The average molecular weight is 246 g/mol. The van der Waals surface area contributed by atoms with Crippen molar-refractivity contribution in [3.05, 3.63) is 42.5 Å². The number of hydrogen-bond acceptors (Lipinski definition) is 4. The predicted molar refractivity (Wildman–Crippen MR) is 65.7 cm³/mol. The van der Waals surface area contributed by atoms with Gasteiger partial charge >= 0.3 is 0 Å². The van der Waals surface area contributed by atoms with Crippen LogP contribution in [0.15, 0.2) is 36.9 Å². The van der Waals surface area contributed by atoms with Crippen molar-refractivity contribution >= 4 is 11.6 Å². The van der Waals surface area contributed by atoms with Gasteiger partial charge in [0.1, 0.15) is 18.7 Å². The molecule has 1 atom stereocenters. The summed E-state index contributed by atoms with van der Waals surface area (Å²) in [6.07, 6.45) is 2.87. The van der Waals surface area contributed by atoms with Crippen LogP contribution in [0.1, 0.15) is 18.5 Å². The number of carbonyl (C=O) groups is 1. The summed E-state index contributed by atoms with van der Waals surface area (Å²) < 4.78 is 1.47. The van der Waals surface area contributed by atoms with Gasteiger partial charge in [0.15, 0.2) is 0 Å². The highest BCUT2D eigenvalue weighted by Gasteiger charge is 2.16. The SMILES string of the molecule is CC(C(=O)Nc1ccccc1CO)n1cncn1. The first-order valence-electron chi connectivity index (χ1n) is 5.56. The van der Waals surface area contributed by atoms with Crippen LogP contribution in [0, 0.1) is 0 Å². The van der Waals surface area contributed by atoms with Gasteiger partial charge in [0, 0.05) is 11.3 Å². The molecule has 2 aromatic rings. The number of aromatic nitrogens is 3. The summed E-state index contributed by atoms with van der Waals surface area (Å²) in [5.74, 6) is -0.207. The standard InChI is InChI=1S/C12H14N4O2/c1-9(16-8-13-7-14-16)12(18)15-11-5-3-2-4-10(11)6-17/h2-5,7-9,17H,6H2,1H3,(H,15,18). The van der Waals surface area contributed by atoms with Crippen LogP contribution < -0.4 is 5.32 Å². The summed E-state index contributed by atoms with van der Waals surface area (Å²) in [6.45, 7) is 1.61. The van der Waals surface area contributed by atoms with Gasteiger partial charge in [-0.15, -0.1) is 0 Å². The molecule has 0 spiro atoms. The molecule has 2 rings (SSSR count). The number of aliphatic hydroxyl groups is 1. The fourth-order valence-electron chi connectivity index (χ4n) is 1.55. The third-order valence-electron chi connectivity index (χ3n) is 2.66. The van der Waals surface area contributed by atoms with Crippen LogP contribution in [-0.4, -0.2) is 25.8 Å². The van der Waals surface area contributed by atoms with Crippen molar-refractivity contribution in [1.29, 1.82) is 0 Å². The van der Waals surface area contributed by atoms with Crippen LogP contribution in [0.5, 0.6) is 0 Å². The number of para-hydroxylation sites is 1. The van der Waals surface area contributed by atoms with Crippen molar-refractivity contribution < 1.29 is 9.90 Å². The van der Waals surface area contributed by atoms with Crippen LogP contribution in [0.4, 0.5) is 5.69 Å². The molecule has 94 valence electrons. The quantitative estimate of drug-likeness (QED) is 0.842. The minimum absolute atomic E-state index is 0.117. The van der Waals surface area contributed by atoms with Gasteiger partial charge in [-0.3, -0.25) is 4.79 Å². The topological polar surface area (TPSA) is 80.0 Å². The van der Waals surface area contributed by atoms with E-state index in [1.165, 1.54) is 17.3 Å². The van der Waals surface area contributed by atoms with E-state index in [2.05, 4.69) is 15.4 Å². The molecule has 1 aromatic carbocycles. The third-order valence-corrected chi connectivity index (χ3v) is 2.66. The first-order chi connectivity index (χ1) is 8.72. The number of benzene rings is 1. The van der Waals surface area contributed by atoms with Crippen molar-refractivity contribution in [3.8, 4) is 0 Å². The van der Waals surface area contributed by atoms with Gasteiger partial charge in [0.05, 0.1) is 6.61 Å². The molecule has 0 saturated heterocycles. The molecule has 0 saturated carbocycles. The lowest BCUT2D eigenvalue weighted by Gasteiger charge is -2.13. The molecule has 6 heteroatoms. The molecule has 6 nitrogen and oxygen atoms in total. The summed E-state index contributed by atoms with van der Waals surface area (Å²) >= 11 is 0. The van der Waals surface area contributed by atoms with E-state index >= 15 is 0 Å². The molecule has 1 amide bonds. The lowest BCUT2D eigenvalue weighted by atomic mass is 10.2. The molecule has 18 heavy (non-hydrogen) atoms. The van der Waals surface area contributed by atoms with Crippen molar-refractivity contribution in [1.82, 2.24) is 14.8 Å². The lowest BCUT2D eigenvalue weighted by molar-refractivity contribution is -0.119. The monoisotopic (exact) mass is 246 g/mol. The molecule has 0 radical (unpaired) electrons. The summed E-state index contributed by atoms with van der Waals surface area (Å²) in [7, 11) is 0. The second-order valence-electron chi connectivity index (χ2n) is 3.86. The molecule has 0 fully saturated rings. The number of aliphatic hydroxyl groups excluding tert-OH is 1. The van der Waals surface area contributed by atoms with Crippen LogP contribution in [0.2, 0.25) is 0 Å². The first-order valence-corrected chi connectivity index (χ1v) is 5.56. The van der Waals surface area contributed by atoms with Crippen LogP contribution in [0.25, 0.3) is 0 Å². The lowest BCUT2D eigenvalue weighted by Crippen LogP contribution is -2.24. The maximum atomic E-state index is 12.0. The Morgan fingerprint density at radius 1 is 1.50 bits per heavy atom. The normalized spacial score (nSPS) is 12.1. The fourth-order valence-corrected chi connectivity index (χ4v) is 1.55. The maximum absolute atomic E-state index is 12.0. The van der Waals surface area contributed by atoms with Crippen LogP contribution >= 0.6 is 0 Å². The number of rotatable bonds is 4. The number of amides is 1. The van der Waals surface area contributed by atoms with Gasteiger partial charge in [-0.1, -0.05) is 18.2 Å². The Morgan fingerprint density at radius 2 is 2.28 bits per heavy atom. The second kappa shape index (κ2) is 5.42. The zero-order valence-corrected chi connectivity index (χ0v) is 9.95. The van der Waals surface area contributed by atoms with Gasteiger partial charge in [-0.2, -0.15) is 5.10 Å². The van der Waals surface area contributed by atoms with Crippen molar-refractivity contribution in [2.45, 2.75) is 19.6 Å². The highest BCUT2D eigenvalue weighted by atomic mass is 16.3. The van der Waals surface area contributed by atoms with E-state index in [4.69, 9.17) is 0 Å². The predicted octanol–water partition coefficient (Wildman–Crippen LogP) is 0.970. The zero-order chi connectivity index (χ0) is 13.0. The number of carbonyl (C=O) groups excluding carboxylic acids is 1. The van der Waals surface area contributed by atoms with Gasteiger partial charge in [0.25, 0.3) is 0 Å². The van der Waals surface area contributed by atoms with E-state index in [9.17, 15) is 9.90 Å². The van der Waals surface area contributed by atoms with Gasteiger partial charge in [-0.05, 0) is 13.0 Å². The fraction of sp³-hybridized carbons (Fsp3) is 0.250. The second-order valence-corrected chi connectivity index (χ2v) is 3.86. The Bertz CT molecular complexity index is 525. The van der Waals surface area contributed by atoms with E-state index in [-0.39, 0.29) is 12.5 Å². The van der Waals surface area contributed by atoms with Gasteiger partial charge in [0.2, 0.25) is 5.91 Å². The first kappa shape index (κ1) is 12.3. The van der Waals surface area contributed by atoms with E-state index in [0.29, 0.717) is 11.3 Å². The number of hydrogen-bond donors (Lipinski definition) is 2. The maximum Gasteiger partial charge on any atom is 0.249 e. The highest BCUT2D eigenvalue weighted by molar-refractivity contribution is 5.94. The number of nitrogens with zero attached hydrogens (tertiary/aromatic N) is 3. The van der Waals surface area contributed by atoms with E-state index in [0.717, 1.165) is 0 Å².